The minimum atomic E-state index is -3.61. The highest BCUT2D eigenvalue weighted by Crippen LogP contribution is 2.12. The summed E-state index contributed by atoms with van der Waals surface area (Å²) in [5.74, 6) is 0. The second-order valence-electron chi connectivity index (χ2n) is 6.63. The lowest BCUT2D eigenvalue weighted by atomic mass is 10.0. The Balaban J connectivity index is 0.000000275. The molecule has 5 heteroatoms. The molecule has 0 bridgehead atoms. The van der Waals surface area contributed by atoms with E-state index >= 15 is 0 Å². The molecule has 31 heavy (non-hydrogen) atoms. The molecule has 0 spiro atoms. The number of aliphatic hydroxyl groups excluding tert-OH is 1. The van der Waals surface area contributed by atoms with Crippen LogP contribution in [0.2, 0.25) is 0 Å². The van der Waals surface area contributed by atoms with E-state index in [1.807, 2.05) is 6.92 Å². The van der Waals surface area contributed by atoms with Crippen molar-refractivity contribution in [3.05, 3.63) is 114 Å². The Bertz CT molecular complexity index is 912. The van der Waals surface area contributed by atoms with Crippen molar-refractivity contribution in [2.24, 2.45) is 0 Å². The quantitative estimate of drug-likeness (QED) is 0.397. The predicted octanol–water partition coefficient (Wildman–Crippen LogP) is 5.36. The van der Waals surface area contributed by atoms with Crippen LogP contribution in [0.4, 0.5) is 0 Å². The maximum Gasteiger partial charge on any atom is 0.297 e. The second-order valence-corrected chi connectivity index (χ2v) is 8.24. The maximum absolute atomic E-state index is 11.4. The van der Waals surface area contributed by atoms with Gasteiger partial charge >= 0.3 is 0 Å². The van der Waals surface area contributed by atoms with Crippen molar-refractivity contribution in [1.82, 2.24) is 0 Å². The van der Waals surface area contributed by atoms with Crippen LogP contribution in [0.25, 0.3) is 0 Å². The molecule has 0 unspecified atom stereocenters. The largest absolute Gasteiger partial charge is 0.397 e. The van der Waals surface area contributed by atoms with E-state index in [0.717, 1.165) is 18.4 Å². The van der Waals surface area contributed by atoms with Crippen LogP contribution in [0.1, 0.15) is 23.6 Å². The lowest BCUT2D eigenvalue weighted by Gasteiger charge is -2.03. The SMILES string of the molecule is C=CCOS(=O)(=O)c1ccc(C)cc1.CCO.c1ccc(CCc2ccccc2)cc1. The van der Waals surface area contributed by atoms with E-state index in [1.165, 1.54) is 29.3 Å². The molecule has 0 aliphatic carbocycles. The molecule has 0 aliphatic heterocycles. The fourth-order valence-corrected chi connectivity index (χ4v) is 3.37. The Labute approximate surface area is 187 Å². The Morgan fingerprint density at radius 3 is 1.65 bits per heavy atom. The predicted molar refractivity (Wildman–Crippen MR) is 128 cm³/mol. The fraction of sp³-hybridized carbons (Fsp3) is 0.231. The maximum atomic E-state index is 11.4. The summed E-state index contributed by atoms with van der Waals surface area (Å²) in [5.41, 5.74) is 3.83. The van der Waals surface area contributed by atoms with Crippen LogP contribution >= 0.6 is 0 Å². The number of aryl methyl sites for hydroxylation is 3. The molecule has 0 heterocycles. The van der Waals surface area contributed by atoms with E-state index < -0.39 is 10.1 Å². The first-order chi connectivity index (χ1) is 14.9. The number of rotatable bonds is 7. The molecule has 1 N–H and O–H groups in total. The van der Waals surface area contributed by atoms with E-state index in [9.17, 15) is 8.42 Å². The molecule has 0 atom stereocenters. The third-order valence-electron chi connectivity index (χ3n) is 4.04. The van der Waals surface area contributed by atoms with Crippen LogP contribution in [0.3, 0.4) is 0 Å². The van der Waals surface area contributed by atoms with Gasteiger partial charge in [-0.3, -0.25) is 4.18 Å². The van der Waals surface area contributed by atoms with Gasteiger partial charge in [0.05, 0.1) is 11.5 Å². The number of hydrogen-bond donors (Lipinski definition) is 1. The zero-order valence-electron chi connectivity index (χ0n) is 18.3. The molecule has 0 radical (unpaired) electrons. The van der Waals surface area contributed by atoms with Crippen molar-refractivity contribution in [2.45, 2.75) is 31.6 Å². The Kier molecular flexibility index (Phi) is 12.8. The zero-order chi connectivity index (χ0) is 23.0. The molecule has 0 aromatic heterocycles. The molecular weight excluding hydrogens is 408 g/mol. The smallest absolute Gasteiger partial charge is 0.297 e. The topological polar surface area (TPSA) is 63.6 Å². The minimum Gasteiger partial charge on any atom is -0.397 e. The number of hydrogen-bond acceptors (Lipinski definition) is 4. The average Bonchev–Trinajstić information content (AvgIpc) is 2.79. The van der Waals surface area contributed by atoms with Crippen molar-refractivity contribution in [2.75, 3.05) is 13.2 Å². The van der Waals surface area contributed by atoms with Gasteiger partial charge in [0.25, 0.3) is 10.1 Å². The third kappa shape index (κ3) is 11.3. The highest BCUT2D eigenvalue weighted by molar-refractivity contribution is 7.86. The van der Waals surface area contributed by atoms with Gasteiger partial charge in [-0.1, -0.05) is 84.4 Å². The van der Waals surface area contributed by atoms with Crippen molar-refractivity contribution in [3.63, 3.8) is 0 Å². The first-order valence-corrected chi connectivity index (χ1v) is 11.6. The molecular formula is C26H32O4S. The average molecular weight is 441 g/mol. The summed E-state index contributed by atoms with van der Waals surface area (Å²) >= 11 is 0. The standard InChI is InChI=1S/C14H14.C10H12O3S.C2H6O/c1-3-7-13(8-4-1)11-12-14-9-5-2-6-10-14;1-3-8-13-14(11,12)10-6-4-9(2)5-7-10;1-2-3/h1-10H,11-12H2;3-7H,1,8H2,2H3;3H,2H2,1H3. The van der Waals surface area contributed by atoms with E-state index in [0.29, 0.717) is 0 Å². The number of benzene rings is 3. The van der Waals surface area contributed by atoms with Gasteiger partial charge in [-0.15, -0.1) is 6.58 Å². The van der Waals surface area contributed by atoms with Gasteiger partial charge in [-0.2, -0.15) is 8.42 Å². The molecule has 0 amide bonds. The van der Waals surface area contributed by atoms with Crippen LogP contribution in [-0.2, 0) is 27.1 Å². The molecule has 4 nitrogen and oxygen atoms in total. The van der Waals surface area contributed by atoms with Crippen LogP contribution in [-0.4, -0.2) is 26.7 Å². The molecule has 166 valence electrons. The van der Waals surface area contributed by atoms with Gasteiger partial charge in [-0.05, 0) is 49.9 Å². The summed E-state index contributed by atoms with van der Waals surface area (Å²) in [6, 6.07) is 27.7. The summed E-state index contributed by atoms with van der Waals surface area (Å²) in [4.78, 5) is 0.171. The zero-order valence-corrected chi connectivity index (χ0v) is 19.1. The van der Waals surface area contributed by atoms with Crippen LogP contribution in [0.5, 0.6) is 0 Å². The van der Waals surface area contributed by atoms with Gasteiger partial charge < -0.3 is 5.11 Å². The van der Waals surface area contributed by atoms with E-state index in [2.05, 4.69) is 71.4 Å². The van der Waals surface area contributed by atoms with E-state index in [1.54, 1.807) is 19.1 Å². The van der Waals surface area contributed by atoms with Crippen LogP contribution < -0.4 is 0 Å². The van der Waals surface area contributed by atoms with E-state index in [4.69, 9.17) is 5.11 Å². The molecule has 3 rings (SSSR count). The lowest BCUT2D eigenvalue weighted by Crippen LogP contribution is -2.06. The minimum absolute atomic E-state index is 0.00376. The highest BCUT2D eigenvalue weighted by Gasteiger charge is 2.13. The normalized spacial score (nSPS) is 10.2. The van der Waals surface area contributed by atoms with Gasteiger partial charge in [-0.25, -0.2) is 0 Å². The van der Waals surface area contributed by atoms with Gasteiger partial charge in [0.15, 0.2) is 0 Å². The van der Waals surface area contributed by atoms with Crippen molar-refractivity contribution >= 4 is 10.1 Å². The first-order valence-electron chi connectivity index (χ1n) is 10.2. The molecule has 3 aromatic rings. The van der Waals surface area contributed by atoms with Crippen LogP contribution in [0, 0.1) is 6.92 Å². The summed E-state index contributed by atoms with van der Waals surface area (Å²) in [6.45, 7) is 7.20. The van der Waals surface area contributed by atoms with Gasteiger partial charge in [0.1, 0.15) is 0 Å². The Hall–Kier alpha value is -2.73. The summed E-state index contributed by atoms with van der Waals surface area (Å²) in [7, 11) is -3.61. The Morgan fingerprint density at radius 1 is 0.839 bits per heavy atom. The highest BCUT2D eigenvalue weighted by atomic mass is 32.2. The summed E-state index contributed by atoms with van der Waals surface area (Å²) in [6.07, 6.45) is 3.65. The molecule has 0 aliphatic rings. The first kappa shape index (κ1) is 26.3. The summed E-state index contributed by atoms with van der Waals surface area (Å²) in [5, 5.41) is 7.57. The van der Waals surface area contributed by atoms with Crippen molar-refractivity contribution in [3.8, 4) is 0 Å². The monoisotopic (exact) mass is 440 g/mol. The van der Waals surface area contributed by atoms with Crippen LogP contribution in [0.15, 0.2) is 102 Å². The summed E-state index contributed by atoms with van der Waals surface area (Å²) < 4.78 is 27.5. The van der Waals surface area contributed by atoms with Crippen molar-refractivity contribution < 1.29 is 17.7 Å². The second kappa shape index (κ2) is 15.1. The van der Waals surface area contributed by atoms with Gasteiger partial charge in [0, 0.05) is 6.61 Å². The van der Waals surface area contributed by atoms with Crippen molar-refractivity contribution in [1.29, 1.82) is 0 Å². The lowest BCUT2D eigenvalue weighted by molar-refractivity contribution is 0.318. The Morgan fingerprint density at radius 2 is 1.26 bits per heavy atom. The number of aliphatic hydroxyl groups is 1. The van der Waals surface area contributed by atoms with E-state index in [-0.39, 0.29) is 18.1 Å². The van der Waals surface area contributed by atoms with Gasteiger partial charge in [0.2, 0.25) is 0 Å². The third-order valence-corrected chi connectivity index (χ3v) is 5.33. The molecule has 0 saturated carbocycles. The molecule has 0 fully saturated rings. The molecule has 3 aromatic carbocycles. The molecule has 0 saturated heterocycles. The fourth-order valence-electron chi connectivity index (χ4n) is 2.49.